The summed E-state index contributed by atoms with van der Waals surface area (Å²) in [5, 5.41) is 0. The maximum atomic E-state index is 12.2. The molecule has 178 valence electrons. The minimum absolute atomic E-state index is 0.0534. The largest absolute Gasteiger partial charge is 0.493 e. The van der Waals surface area contributed by atoms with Crippen LogP contribution < -0.4 is 25.1 Å². The Hall–Kier alpha value is -4.20. The second kappa shape index (κ2) is 12.2. The van der Waals surface area contributed by atoms with Gasteiger partial charge in [0.15, 0.2) is 17.3 Å². The number of benzene rings is 2. The van der Waals surface area contributed by atoms with Gasteiger partial charge >= 0.3 is 5.91 Å². The highest BCUT2D eigenvalue weighted by Gasteiger charge is 2.12. The standard InChI is InChI=1S/C26H28N2O6/c1-18(2)16-33-22-12-9-19(15-24(22)31-3)10-14-25(29)27-28-26(30)23-13-11-21(34-23)17-32-20-7-5-4-6-8-20/h4-15,18H,16-17H2,1-3H3,(H,27,29)(H,28,30)/b14-10+. The molecule has 2 aromatic carbocycles. The van der Waals surface area contributed by atoms with Gasteiger partial charge in [0.05, 0.1) is 13.7 Å². The third-order valence-corrected chi connectivity index (χ3v) is 4.50. The van der Waals surface area contributed by atoms with Crippen molar-refractivity contribution in [1.82, 2.24) is 10.9 Å². The number of furan rings is 1. The van der Waals surface area contributed by atoms with Crippen LogP contribution in [0.4, 0.5) is 0 Å². The zero-order valence-electron chi connectivity index (χ0n) is 19.4. The fraction of sp³-hybridized carbons (Fsp3) is 0.231. The lowest BCUT2D eigenvalue weighted by molar-refractivity contribution is -0.117. The minimum atomic E-state index is -0.582. The summed E-state index contributed by atoms with van der Waals surface area (Å²) in [7, 11) is 1.56. The van der Waals surface area contributed by atoms with E-state index in [0.29, 0.717) is 35.5 Å². The highest BCUT2D eigenvalue weighted by atomic mass is 16.5. The lowest BCUT2D eigenvalue weighted by Crippen LogP contribution is -2.40. The summed E-state index contributed by atoms with van der Waals surface area (Å²) < 4.78 is 22.1. The number of para-hydroxylation sites is 1. The fourth-order valence-electron chi connectivity index (χ4n) is 2.81. The van der Waals surface area contributed by atoms with Gasteiger partial charge in [-0.3, -0.25) is 20.4 Å². The van der Waals surface area contributed by atoms with E-state index >= 15 is 0 Å². The zero-order chi connectivity index (χ0) is 24.3. The van der Waals surface area contributed by atoms with Gasteiger partial charge < -0.3 is 18.6 Å². The summed E-state index contributed by atoms with van der Waals surface area (Å²) in [6.07, 6.45) is 2.90. The van der Waals surface area contributed by atoms with Crippen LogP contribution in [0.5, 0.6) is 17.2 Å². The van der Waals surface area contributed by atoms with E-state index in [1.807, 2.05) is 36.4 Å². The van der Waals surface area contributed by atoms with Crippen molar-refractivity contribution in [2.24, 2.45) is 5.92 Å². The van der Waals surface area contributed by atoms with Crippen molar-refractivity contribution in [2.45, 2.75) is 20.5 Å². The maximum Gasteiger partial charge on any atom is 0.305 e. The van der Waals surface area contributed by atoms with Gasteiger partial charge in [-0.25, -0.2) is 0 Å². The molecule has 0 aliphatic rings. The molecular formula is C26H28N2O6. The number of rotatable bonds is 10. The van der Waals surface area contributed by atoms with E-state index in [4.69, 9.17) is 18.6 Å². The lowest BCUT2D eigenvalue weighted by atomic mass is 10.2. The van der Waals surface area contributed by atoms with Crippen molar-refractivity contribution in [3.05, 3.63) is 83.8 Å². The molecule has 1 aromatic heterocycles. The van der Waals surface area contributed by atoms with Gasteiger partial charge in [0.2, 0.25) is 0 Å². The molecule has 3 aromatic rings. The molecule has 0 fully saturated rings. The van der Waals surface area contributed by atoms with Gasteiger partial charge in [-0.05, 0) is 54.0 Å². The number of nitrogens with one attached hydrogen (secondary N) is 2. The summed E-state index contributed by atoms with van der Waals surface area (Å²) in [5.41, 5.74) is 5.37. The second-order valence-corrected chi connectivity index (χ2v) is 7.76. The molecular weight excluding hydrogens is 436 g/mol. The first kappa shape index (κ1) is 24.4. The summed E-state index contributed by atoms with van der Waals surface area (Å²) >= 11 is 0. The van der Waals surface area contributed by atoms with E-state index < -0.39 is 11.8 Å². The molecule has 0 unspecified atom stereocenters. The number of hydrazine groups is 1. The van der Waals surface area contributed by atoms with Gasteiger partial charge in [-0.1, -0.05) is 38.1 Å². The third kappa shape index (κ3) is 7.44. The van der Waals surface area contributed by atoms with Crippen LogP contribution in [0.1, 0.15) is 35.7 Å². The van der Waals surface area contributed by atoms with E-state index in [1.165, 1.54) is 12.1 Å². The number of hydrogen-bond donors (Lipinski definition) is 2. The lowest BCUT2D eigenvalue weighted by Gasteiger charge is -2.12. The maximum absolute atomic E-state index is 12.2. The van der Waals surface area contributed by atoms with Crippen LogP contribution in [0.3, 0.4) is 0 Å². The highest BCUT2D eigenvalue weighted by Crippen LogP contribution is 2.29. The number of ether oxygens (including phenoxy) is 3. The van der Waals surface area contributed by atoms with Crippen molar-refractivity contribution in [3.63, 3.8) is 0 Å². The normalized spacial score (nSPS) is 10.8. The number of methoxy groups -OCH3 is 1. The predicted molar refractivity (Wildman–Crippen MR) is 127 cm³/mol. The Morgan fingerprint density at radius 2 is 1.76 bits per heavy atom. The Labute approximate surface area is 198 Å². The number of hydrogen-bond acceptors (Lipinski definition) is 6. The van der Waals surface area contributed by atoms with Gasteiger partial charge in [0.25, 0.3) is 5.91 Å². The van der Waals surface area contributed by atoms with Crippen LogP contribution in [0, 0.1) is 5.92 Å². The van der Waals surface area contributed by atoms with Crippen LogP contribution in [-0.2, 0) is 11.4 Å². The number of carbonyl (C=O) groups is 2. The summed E-state index contributed by atoms with van der Waals surface area (Å²) in [6.45, 7) is 4.88. The molecule has 0 spiro atoms. The molecule has 0 radical (unpaired) electrons. The van der Waals surface area contributed by atoms with Crippen LogP contribution in [0.25, 0.3) is 6.08 Å². The molecule has 2 amide bonds. The molecule has 34 heavy (non-hydrogen) atoms. The van der Waals surface area contributed by atoms with E-state index in [2.05, 4.69) is 24.7 Å². The van der Waals surface area contributed by atoms with Crippen LogP contribution in [-0.4, -0.2) is 25.5 Å². The average molecular weight is 465 g/mol. The summed E-state index contributed by atoms with van der Waals surface area (Å²) in [6, 6.07) is 17.8. The van der Waals surface area contributed by atoms with Gasteiger partial charge in [-0.15, -0.1) is 0 Å². The highest BCUT2D eigenvalue weighted by molar-refractivity contribution is 5.96. The predicted octanol–water partition coefficient (Wildman–Crippen LogP) is 4.38. The van der Waals surface area contributed by atoms with E-state index in [-0.39, 0.29) is 12.4 Å². The second-order valence-electron chi connectivity index (χ2n) is 7.76. The van der Waals surface area contributed by atoms with E-state index in [0.717, 1.165) is 5.56 Å². The quantitative estimate of drug-likeness (QED) is 0.341. The molecule has 1 heterocycles. The van der Waals surface area contributed by atoms with Crippen LogP contribution in [0.15, 0.2) is 71.2 Å². The minimum Gasteiger partial charge on any atom is -0.493 e. The molecule has 8 heteroatoms. The molecule has 8 nitrogen and oxygen atoms in total. The van der Waals surface area contributed by atoms with Crippen LogP contribution >= 0.6 is 0 Å². The Morgan fingerprint density at radius 3 is 2.50 bits per heavy atom. The van der Waals surface area contributed by atoms with Gasteiger partial charge in [-0.2, -0.15) is 0 Å². The molecule has 0 aliphatic heterocycles. The van der Waals surface area contributed by atoms with E-state index in [1.54, 1.807) is 31.4 Å². The smallest absolute Gasteiger partial charge is 0.305 e. The van der Waals surface area contributed by atoms with Crippen molar-refractivity contribution < 1.29 is 28.2 Å². The Kier molecular flexibility index (Phi) is 8.73. The monoisotopic (exact) mass is 464 g/mol. The fourth-order valence-corrected chi connectivity index (χ4v) is 2.81. The zero-order valence-corrected chi connectivity index (χ0v) is 19.4. The number of amides is 2. The summed E-state index contributed by atoms with van der Waals surface area (Å²) in [4.78, 5) is 24.3. The third-order valence-electron chi connectivity index (χ3n) is 4.50. The van der Waals surface area contributed by atoms with Gasteiger partial charge in [0, 0.05) is 6.08 Å². The first-order valence-corrected chi connectivity index (χ1v) is 10.8. The van der Waals surface area contributed by atoms with Crippen LogP contribution in [0.2, 0.25) is 0 Å². The van der Waals surface area contributed by atoms with Gasteiger partial charge in [0.1, 0.15) is 18.1 Å². The SMILES string of the molecule is COc1cc(/C=C/C(=O)NNC(=O)c2ccc(COc3ccccc3)o2)ccc1OCC(C)C. The van der Waals surface area contributed by atoms with Crippen molar-refractivity contribution >= 4 is 17.9 Å². The molecule has 0 bridgehead atoms. The molecule has 2 N–H and O–H groups in total. The van der Waals surface area contributed by atoms with Crippen molar-refractivity contribution in [2.75, 3.05) is 13.7 Å². The first-order chi connectivity index (χ1) is 16.4. The average Bonchev–Trinajstić information content (AvgIpc) is 3.33. The Morgan fingerprint density at radius 1 is 0.971 bits per heavy atom. The summed E-state index contributed by atoms with van der Waals surface area (Å²) in [5.74, 6) is 1.73. The van der Waals surface area contributed by atoms with Crippen molar-refractivity contribution in [1.29, 1.82) is 0 Å². The molecule has 0 saturated heterocycles. The number of carbonyl (C=O) groups excluding carboxylic acids is 2. The molecule has 0 saturated carbocycles. The Balaban J connectivity index is 1.48. The van der Waals surface area contributed by atoms with E-state index in [9.17, 15) is 9.59 Å². The molecule has 0 atom stereocenters. The molecule has 0 aliphatic carbocycles. The topological polar surface area (TPSA) is 99.0 Å². The first-order valence-electron chi connectivity index (χ1n) is 10.8. The molecule has 3 rings (SSSR count). The Bertz CT molecular complexity index is 1120. The van der Waals surface area contributed by atoms with Crippen molar-refractivity contribution in [3.8, 4) is 17.2 Å².